The van der Waals surface area contributed by atoms with Gasteiger partial charge in [-0.25, -0.2) is 12.8 Å². The molecule has 3 aromatic carbocycles. The van der Waals surface area contributed by atoms with Gasteiger partial charge in [0.2, 0.25) is 0 Å². The molecule has 6 nitrogen and oxygen atoms in total. The summed E-state index contributed by atoms with van der Waals surface area (Å²) in [5.41, 5.74) is 4.91. The molecular formula is C30H30ClFN2O4S. The van der Waals surface area contributed by atoms with Gasteiger partial charge >= 0.3 is 0 Å². The van der Waals surface area contributed by atoms with Gasteiger partial charge in [0.1, 0.15) is 6.67 Å². The Kier molecular flexibility index (Phi) is 7.80. The van der Waals surface area contributed by atoms with Crippen molar-refractivity contribution in [3.8, 4) is 0 Å². The molecule has 0 unspecified atom stereocenters. The first-order valence-corrected chi connectivity index (χ1v) is 14.8. The average molecular weight is 569 g/mol. The normalized spacial score (nSPS) is 14.5. The molecule has 9 heteroatoms. The first-order chi connectivity index (χ1) is 18.7. The van der Waals surface area contributed by atoms with Gasteiger partial charge in [-0.2, -0.15) is 0 Å². The minimum atomic E-state index is -3.31. The Morgan fingerprint density at radius 1 is 1.10 bits per heavy atom. The topological polar surface area (TPSA) is 88.4 Å². The zero-order valence-electron chi connectivity index (χ0n) is 21.5. The van der Waals surface area contributed by atoms with Crippen molar-refractivity contribution in [3.63, 3.8) is 0 Å². The van der Waals surface area contributed by atoms with Gasteiger partial charge in [-0.15, -0.1) is 0 Å². The standard InChI is InChI=1S/C30H30ClFN2O4S/c1-19-14-24(31)6-2-21(19)16-25-17-23-15-22(5-11-29(23)34(25)13-12-32)30(36)33-28(18-35)20-3-7-26(8-4-20)39(37,38)27-9-10-27/h2-8,11,14-15,17,27-28,35H,9-10,12-13,16,18H2,1H3,(H,33,36)/t28-/m0/s1. The lowest BCUT2D eigenvalue weighted by molar-refractivity contribution is 0.0916. The molecule has 1 atom stereocenters. The number of aryl methyl sites for hydroxylation is 2. The molecule has 39 heavy (non-hydrogen) atoms. The van der Waals surface area contributed by atoms with Crippen LogP contribution in [0.25, 0.3) is 10.9 Å². The van der Waals surface area contributed by atoms with Gasteiger partial charge in [0.25, 0.3) is 5.91 Å². The van der Waals surface area contributed by atoms with Crippen LogP contribution in [0.5, 0.6) is 0 Å². The second kappa shape index (κ2) is 11.1. The van der Waals surface area contributed by atoms with Crippen LogP contribution >= 0.6 is 11.6 Å². The summed E-state index contributed by atoms with van der Waals surface area (Å²) in [5, 5.41) is 14.0. The number of aliphatic hydroxyl groups excluding tert-OH is 1. The molecule has 0 bridgehead atoms. The quantitative estimate of drug-likeness (QED) is 0.262. The lowest BCUT2D eigenvalue weighted by Gasteiger charge is -2.17. The smallest absolute Gasteiger partial charge is 0.251 e. The number of carbonyl (C=O) groups is 1. The van der Waals surface area contributed by atoms with E-state index in [2.05, 4.69) is 5.32 Å². The van der Waals surface area contributed by atoms with Gasteiger partial charge in [0.05, 0.1) is 29.3 Å². The number of rotatable bonds is 10. The van der Waals surface area contributed by atoms with Crippen LogP contribution in [0.1, 0.15) is 51.6 Å². The van der Waals surface area contributed by atoms with E-state index in [1.165, 1.54) is 12.1 Å². The highest BCUT2D eigenvalue weighted by atomic mass is 35.5. The van der Waals surface area contributed by atoms with Crippen LogP contribution in [-0.2, 0) is 22.8 Å². The maximum absolute atomic E-state index is 13.5. The average Bonchev–Trinajstić information content (AvgIpc) is 3.73. The summed E-state index contributed by atoms with van der Waals surface area (Å²) in [6, 6.07) is 18.5. The maximum Gasteiger partial charge on any atom is 0.251 e. The van der Waals surface area contributed by atoms with Crippen molar-refractivity contribution >= 4 is 38.2 Å². The second-order valence-electron chi connectivity index (χ2n) is 10.0. The van der Waals surface area contributed by atoms with Crippen molar-refractivity contribution in [2.24, 2.45) is 0 Å². The number of fused-ring (bicyclic) bond motifs is 1. The monoisotopic (exact) mass is 568 g/mol. The van der Waals surface area contributed by atoms with Gasteiger partial charge in [-0.05, 0) is 85.0 Å². The number of nitrogens with zero attached hydrogens (tertiary/aromatic N) is 1. The minimum absolute atomic E-state index is 0.204. The minimum Gasteiger partial charge on any atom is -0.394 e. The van der Waals surface area contributed by atoms with Crippen molar-refractivity contribution < 1.29 is 22.7 Å². The van der Waals surface area contributed by atoms with E-state index in [-0.39, 0.29) is 29.2 Å². The van der Waals surface area contributed by atoms with Gasteiger partial charge < -0.3 is 15.0 Å². The first kappa shape index (κ1) is 27.4. The summed E-state index contributed by atoms with van der Waals surface area (Å²) in [6.45, 7) is 1.33. The Labute approximate surface area is 232 Å². The molecule has 0 radical (unpaired) electrons. The fourth-order valence-corrected chi connectivity index (χ4v) is 6.84. The molecule has 5 rings (SSSR count). The maximum atomic E-state index is 13.5. The van der Waals surface area contributed by atoms with E-state index in [4.69, 9.17) is 11.6 Å². The third kappa shape index (κ3) is 5.73. The van der Waals surface area contributed by atoms with Crippen molar-refractivity contribution in [1.82, 2.24) is 9.88 Å². The van der Waals surface area contributed by atoms with Crippen LogP contribution < -0.4 is 5.32 Å². The van der Waals surface area contributed by atoms with Crippen LogP contribution in [-0.4, -0.2) is 42.5 Å². The largest absolute Gasteiger partial charge is 0.394 e. The fraction of sp³-hybridized carbons (Fsp3) is 0.300. The van der Waals surface area contributed by atoms with E-state index in [9.17, 15) is 22.7 Å². The molecule has 4 aromatic rings. The summed E-state index contributed by atoms with van der Waals surface area (Å²) >= 11 is 6.10. The Morgan fingerprint density at radius 3 is 2.49 bits per heavy atom. The summed E-state index contributed by atoms with van der Waals surface area (Å²) in [5.74, 6) is -0.376. The number of nitrogens with one attached hydrogen (secondary N) is 1. The number of hydrogen-bond donors (Lipinski definition) is 2. The zero-order chi connectivity index (χ0) is 27.7. The number of carbonyl (C=O) groups excluding carboxylic acids is 1. The summed E-state index contributed by atoms with van der Waals surface area (Å²) in [4.78, 5) is 13.4. The number of aromatic nitrogens is 1. The molecule has 1 aliphatic carbocycles. The molecule has 0 aliphatic heterocycles. The van der Waals surface area contributed by atoms with E-state index in [0.29, 0.717) is 35.4 Å². The van der Waals surface area contributed by atoms with Gasteiger partial charge in [0, 0.05) is 33.6 Å². The van der Waals surface area contributed by atoms with Crippen molar-refractivity contribution in [2.45, 2.75) is 48.9 Å². The SMILES string of the molecule is Cc1cc(Cl)ccc1Cc1cc2cc(C(=O)N[C@@H](CO)c3ccc(S(=O)(=O)C4CC4)cc3)ccc2n1CCF. The molecule has 1 aliphatic rings. The number of aliphatic hydroxyl groups is 1. The fourth-order valence-electron chi connectivity index (χ4n) is 4.95. The van der Waals surface area contributed by atoms with Crippen molar-refractivity contribution in [3.05, 3.63) is 99.7 Å². The van der Waals surface area contributed by atoms with E-state index in [1.807, 2.05) is 41.8 Å². The van der Waals surface area contributed by atoms with Crippen LogP contribution in [0.15, 0.2) is 71.6 Å². The van der Waals surface area contributed by atoms with E-state index in [0.717, 1.165) is 27.7 Å². The lowest BCUT2D eigenvalue weighted by atomic mass is 10.0. The molecule has 204 valence electrons. The molecule has 1 amide bonds. The number of halogens is 2. The van der Waals surface area contributed by atoms with Crippen molar-refractivity contribution in [2.75, 3.05) is 13.3 Å². The number of sulfone groups is 1. The highest BCUT2D eigenvalue weighted by Gasteiger charge is 2.36. The summed E-state index contributed by atoms with van der Waals surface area (Å²) < 4.78 is 40.3. The first-order valence-electron chi connectivity index (χ1n) is 12.9. The molecule has 1 heterocycles. The second-order valence-corrected chi connectivity index (χ2v) is 12.7. The Balaban J connectivity index is 1.37. The van der Waals surface area contributed by atoms with Crippen LogP contribution in [0.4, 0.5) is 4.39 Å². The van der Waals surface area contributed by atoms with Gasteiger partial charge in [-0.1, -0.05) is 29.8 Å². The lowest BCUT2D eigenvalue weighted by Crippen LogP contribution is -2.30. The third-order valence-corrected chi connectivity index (χ3v) is 9.81. The summed E-state index contributed by atoms with van der Waals surface area (Å²) in [6.07, 6.45) is 1.96. The van der Waals surface area contributed by atoms with Crippen LogP contribution in [0.2, 0.25) is 5.02 Å². The zero-order valence-corrected chi connectivity index (χ0v) is 23.1. The molecular weight excluding hydrogens is 539 g/mol. The van der Waals surface area contributed by atoms with Crippen molar-refractivity contribution in [1.29, 1.82) is 0 Å². The predicted octanol–water partition coefficient (Wildman–Crippen LogP) is 5.56. The number of alkyl halides is 1. The Morgan fingerprint density at radius 2 is 1.85 bits per heavy atom. The number of benzene rings is 3. The number of amides is 1. The van der Waals surface area contributed by atoms with Gasteiger partial charge in [0.15, 0.2) is 9.84 Å². The Hall–Kier alpha value is -3.20. The highest BCUT2D eigenvalue weighted by Crippen LogP contribution is 2.34. The predicted molar refractivity (Wildman–Crippen MR) is 151 cm³/mol. The molecule has 0 spiro atoms. The highest BCUT2D eigenvalue weighted by molar-refractivity contribution is 7.92. The molecule has 2 N–H and O–H groups in total. The molecule has 1 fully saturated rings. The van der Waals surface area contributed by atoms with E-state index < -0.39 is 22.6 Å². The van der Waals surface area contributed by atoms with Crippen LogP contribution in [0.3, 0.4) is 0 Å². The molecule has 1 aromatic heterocycles. The third-order valence-electron chi connectivity index (χ3n) is 7.30. The Bertz CT molecular complexity index is 1630. The van der Waals surface area contributed by atoms with E-state index in [1.54, 1.807) is 24.3 Å². The van der Waals surface area contributed by atoms with Gasteiger partial charge in [-0.3, -0.25) is 4.79 Å². The number of hydrogen-bond acceptors (Lipinski definition) is 4. The van der Waals surface area contributed by atoms with Crippen LogP contribution in [0, 0.1) is 6.92 Å². The van der Waals surface area contributed by atoms with E-state index >= 15 is 0 Å². The molecule has 0 saturated heterocycles. The molecule has 1 saturated carbocycles. The summed E-state index contributed by atoms with van der Waals surface area (Å²) in [7, 11) is -3.31.